The van der Waals surface area contributed by atoms with Gasteiger partial charge < -0.3 is 19.4 Å². The first-order chi connectivity index (χ1) is 15.5. The van der Waals surface area contributed by atoms with Crippen molar-refractivity contribution in [3.63, 3.8) is 0 Å². The van der Waals surface area contributed by atoms with Crippen molar-refractivity contribution in [3.05, 3.63) is 65.5 Å². The molecule has 2 saturated heterocycles. The maximum atomic E-state index is 13.1. The zero-order chi connectivity index (χ0) is 22.7. The minimum absolute atomic E-state index is 0.0612. The van der Waals surface area contributed by atoms with Crippen LogP contribution < -0.4 is 4.74 Å². The monoisotopic (exact) mass is 439 g/mol. The minimum atomic E-state index is -0.532. The summed E-state index contributed by atoms with van der Waals surface area (Å²) in [4.78, 5) is 43.2. The molecule has 3 amide bonds. The summed E-state index contributed by atoms with van der Waals surface area (Å²) >= 11 is 0. The molecule has 2 aliphatic heterocycles. The third kappa shape index (κ3) is 4.59. The van der Waals surface area contributed by atoms with Crippen LogP contribution in [0.5, 0.6) is 5.75 Å². The van der Waals surface area contributed by atoms with Crippen molar-refractivity contribution in [2.24, 2.45) is 0 Å². The average molecular weight is 439 g/mol. The number of likely N-dealkylation sites (tertiary alicyclic amines) is 1. The highest BCUT2D eigenvalue weighted by atomic mass is 19.1. The number of piperazine rings is 1. The number of methoxy groups -OCH3 is 1. The van der Waals surface area contributed by atoms with Crippen LogP contribution in [0.15, 0.2) is 48.5 Å². The van der Waals surface area contributed by atoms with Gasteiger partial charge in [-0.3, -0.25) is 14.4 Å². The van der Waals surface area contributed by atoms with Crippen LogP contribution in [0.4, 0.5) is 4.39 Å². The van der Waals surface area contributed by atoms with Gasteiger partial charge in [-0.25, -0.2) is 4.39 Å². The van der Waals surface area contributed by atoms with Crippen LogP contribution >= 0.6 is 0 Å². The van der Waals surface area contributed by atoms with Gasteiger partial charge >= 0.3 is 11.8 Å². The first-order valence-electron chi connectivity index (χ1n) is 10.7. The molecule has 32 heavy (non-hydrogen) atoms. The zero-order valence-electron chi connectivity index (χ0n) is 18.0. The lowest BCUT2D eigenvalue weighted by atomic mass is 10.0. The zero-order valence-corrected chi connectivity index (χ0v) is 18.0. The number of hydrogen-bond donors (Lipinski definition) is 0. The largest absolute Gasteiger partial charge is 0.497 e. The van der Waals surface area contributed by atoms with E-state index >= 15 is 0 Å². The Labute approximate surface area is 186 Å². The Morgan fingerprint density at radius 1 is 1.00 bits per heavy atom. The van der Waals surface area contributed by atoms with Gasteiger partial charge in [0, 0.05) is 44.3 Å². The summed E-state index contributed by atoms with van der Waals surface area (Å²) in [5.74, 6) is -0.800. The molecule has 2 aliphatic rings. The summed E-state index contributed by atoms with van der Waals surface area (Å²) in [5, 5.41) is 0. The fraction of sp³-hybridized carbons (Fsp3) is 0.375. The number of ether oxygens (including phenoxy) is 1. The van der Waals surface area contributed by atoms with Crippen molar-refractivity contribution in [1.29, 1.82) is 0 Å². The van der Waals surface area contributed by atoms with Crippen LogP contribution in [0, 0.1) is 5.82 Å². The van der Waals surface area contributed by atoms with E-state index in [4.69, 9.17) is 4.74 Å². The van der Waals surface area contributed by atoms with E-state index in [9.17, 15) is 18.8 Å². The van der Waals surface area contributed by atoms with Crippen LogP contribution in [-0.2, 0) is 16.1 Å². The number of carbonyl (C=O) groups is 3. The van der Waals surface area contributed by atoms with Gasteiger partial charge in [0.25, 0.3) is 5.91 Å². The Morgan fingerprint density at radius 3 is 2.41 bits per heavy atom. The molecule has 2 aromatic rings. The van der Waals surface area contributed by atoms with Crippen LogP contribution in [-0.4, -0.2) is 71.8 Å². The van der Waals surface area contributed by atoms with Gasteiger partial charge in [0.2, 0.25) is 0 Å². The normalized spacial score (nSPS) is 17.6. The molecular formula is C24H26FN3O4. The highest BCUT2D eigenvalue weighted by Crippen LogP contribution is 2.23. The van der Waals surface area contributed by atoms with Crippen molar-refractivity contribution < 1.29 is 23.5 Å². The second-order valence-electron chi connectivity index (χ2n) is 8.11. The highest BCUT2D eigenvalue weighted by molar-refractivity contribution is 6.35. The van der Waals surface area contributed by atoms with Crippen molar-refractivity contribution >= 4 is 17.7 Å². The van der Waals surface area contributed by atoms with Gasteiger partial charge in [0.15, 0.2) is 0 Å². The second-order valence-corrected chi connectivity index (χ2v) is 8.11. The first kappa shape index (κ1) is 21.8. The fourth-order valence-corrected chi connectivity index (χ4v) is 4.32. The Bertz CT molecular complexity index is 1000. The first-order valence-corrected chi connectivity index (χ1v) is 10.7. The molecule has 2 fully saturated rings. The Morgan fingerprint density at radius 2 is 1.72 bits per heavy atom. The van der Waals surface area contributed by atoms with E-state index < -0.39 is 11.8 Å². The molecule has 0 unspecified atom stereocenters. The van der Waals surface area contributed by atoms with Gasteiger partial charge in [-0.2, -0.15) is 0 Å². The number of carbonyl (C=O) groups excluding carboxylic acids is 3. The average Bonchev–Trinajstić information content (AvgIpc) is 2.83. The summed E-state index contributed by atoms with van der Waals surface area (Å²) in [6, 6.07) is 12.9. The van der Waals surface area contributed by atoms with Crippen molar-refractivity contribution in [1.82, 2.24) is 14.7 Å². The van der Waals surface area contributed by atoms with E-state index in [-0.39, 0.29) is 24.3 Å². The minimum Gasteiger partial charge on any atom is -0.497 e. The molecule has 168 valence electrons. The summed E-state index contributed by atoms with van der Waals surface area (Å²) in [7, 11) is 1.56. The quantitative estimate of drug-likeness (QED) is 0.671. The maximum Gasteiger partial charge on any atom is 0.312 e. The topological polar surface area (TPSA) is 70.2 Å². The molecule has 0 aromatic heterocycles. The third-order valence-electron chi connectivity index (χ3n) is 6.14. The lowest BCUT2D eigenvalue weighted by Gasteiger charge is -2.42. The molecule has 0 bridgehead atoms. The third-order valence-corrected chi connectivity index (χ3v) is 6.14. The van der Waals surface area contributed by atoms with Crippen LogP contribution in [0.2, 0.25) is 0 Å². The number of hydrogen-bond acceptors (Lipinski definition) is 4. The van der Waals surface area contributed by atoms with Crippen LogP contribution in [0.1, 0.15) is 28.8 Å². The van der Waals surface area contributed by atoms with Gasteiger partial charge in [0.05, 0.1) is 7.11 Å². The summed E-state index contributed by atoms with van der Waals surface area (Å²) in [5.41, 5.74) is 1.36. The molecule has 2 aromatic carbocycles. The molecule has 0 radical (unpaired) electrons. The second kappa shape index (κ2) is 9.38. The van der Waals surface area contributed by atoms with Gasteiger partial charge in [0.1, 0.15) is 11.6 Å². The molecule has 0 N–H and O–H groups in total. The van der Waals surface area contributed by atoms with E-state index in [1.165, 1.54) is 17.0 Å². The van der Waals surface area contributed by atoms with E-state index in [0.717, 1.165) is 5.56 Å². The fourth-order valence-electron chi connectivity index (χ4n) is 4.32. The van der Waals surface area contributed by atoms with Crippen LogP contribution in [0.3, 0.4) is 0 Å². The Hall–Kier alpha value is -3.42. The number of benzene rings is 2. The molecule has 0 saturated carbocycles. The molecular weight excluding hydrogens is 413 g/mol. The summed E-state index contributed by atoms with van der Waals surface area (Å²) in [6.45, 7) is 2.23. The Balaban J connectivity index is 1.33. The van der Waals surface area contributed by atoms with Crippen molar-refractivity contribution in [2.75, 3.05) is 33.3 Å². The van der Waals surface area contributed by atoms with E-state index in [1.807, 2.05) is 0 Å². The number of rotatable bonds is 5. The highest BCUT2D eigenvalue weighted by Gasteiger charge is 2.38. The smallest absolute Gasteiger partial charge is 0.312 e. The molecule has 4 rings (SSSR count). The van der Waals surface area contributed by atoms with E-state index in [2.05, 4.69) is 0 Å². The lowest BCUT2D eigenvalue weighted by molar-refractivity contribution is -0.158. The van der Waals surface area contributed by atoms with Gasteiger partial charge in [-0.1, -0.05) is 18.2 Å². The number of piperidine rings is 1. The van der Waals surface area contributed by atoms with E-state index in [1.54, 1.807) is 53.3 Å². The van der Waals surface area contributed by atoms with Gasteiger partial charge in [-0.05, 0) is 48.7 Å². The standard InChI is InChI=1S/C24H26FN3O4/c1-32-21-4-2-3-18(15-21)22(29)26-11-9-20(10-12-26)28-14-13-27(23(30)24(28)31)16-17-5-7-19(25)8-6-17/h2-8,15,20H,9-14,16H2,1H3. The maximum absolute atomic E-state index is 13.1. The van der Waals surface area contributed by atoms with Crippen molar-refractivity contribution in [2.45, 2.75) is 25.4 Å². The molecule has 8 heteroatoms. The SMILES string of the molecule is COc1cccc(C(=O)N2CCC(N3CCN(Cc4ccc(F)cc4)C(=O)C3=O)CC2)c1. The van der Waals surface area contributed by atoms with Crippen molar-refractivity contribution in [3.8, 4) is 5.75 Å². The summed E-state index contributed by atoms with van der Waals surface area (Å²) < 4.78 is 18.3. The molecule has 7 nitrogen and oxygen atoms in total. The lowest BCUT2D eigenvalue weighted by Crippen LogP contribution is -2.59. The summed E-state index contributed by atoms with van der Waals surface area (Å²) in [6.07, 6.45) is 1.26. The Kier molecular flexibility index (Phi) is 6.39. The number of halogens is 1. The predicted octanol–water partition coefficient (Wildman–Crippen LogP) is 2.31. The molecule has 0 atom stereocenters. The van der Waals surface area contributed by atoms with Crippen LogP contribution in [0.25, 0.3) is 0 Å². The molecule has 0 spiro atoms. The van der Waals surface area contributed by atoms with Gasteiger partial charge in [-0.15, -0.1) is 0 Å². The number of nitrogens with zero attached hydrogens (tertiary/aromatic N) is 3. The predicted molar refractivity (Wildman–Crippen MR) is 115 cm³/mol. The molecule has 0 aliphatic carbocycles. The number of amides is 3. The van der Waals surface area contributed by atoms with E-state index in [0.29, 0.717) is 50.3 Å². The molecule has 2 heterocycles.